The van der Waals surface area contributed by atoms with Gasteiger partial charge in [0.1, 0.15) is 11.5 Å². The standard InChI is InChI=1S/C20H26N2O2/c1-20(2)13-21(11-16-7-3-5-9-18(16)23)15-22(14-20)12-17-8-4-6-10-19(17)24/h3-10,23-24H,11-15H2,1-2H3. The van der Waals surface area contributed by atoms with Crippen LogP contribution in [0.2, 0.25) is 0 Å². The van der Waals surface area contributed by atoms with Crippen LogP contribution in [-0.2, 0) is 13.1 Å². The van der Waals surface area contributed by atoms with Gasteiger partial charge < -0.3 is 10.2 Å². The first-order valence-electron chi connectivity index (χ1n) is 8.41. The molecule has 0 spiro atoms. The predicted molar refractivity (Wildman–Crippen MR) is 95.7 cm³/mol. The van der Waals surface area contributed by atoms with Crippen molar-refractivity contribution in [2.75, 3.05) is 19.8 Å². The Labute approximate surface area is 144 Å². The maximum atomic E-state index is 10.0. The van der Waals surface area contributed by atoms with E-state index in [1.807, 2.05) is 36.4 Å². The summed E-state index contributed by atoms with van der Waals surface area (Å²) in [6.45, 7) is 8.79. The van der Waals surface area contributed by atoms with Gasteiger partial charge in [-0.05, 0) is 17.5 Å². The molecular weight excluding hydrogens is 300 g/mol. The Balaban J connectivity index is 1.73. The van der Waals surface area contributed by atoms with Crippen LogP contribution in [0, 0.1) is 5.41 Å². The molecule has 0 atom stereocenters. The number of aromatic hydroxyl groups is 2. The molecule has 0 aliphatic carbocycles. The van der Waals surface area contributed by atoms with Crippen molar-refractivity contribution in [1.29, 1.82) is 0 Å². The van der Waals surface area contributed by atoms with Gasteiger partial charge in [0.05, 0.1) is 6.67 Å². The highest BCUT2D eigenvalue weighted by Crippen LogP contribution is 2.29. The van der Waals surface area contributed by atoms with Crippen molar-refractivity contribution < 1.29 is 10.2 Å². The van der Waals surface area contributed by atoms with Crippen molar-refractivity contribution in [3.05, 3.63) is 59.7 Å². The summed E-state index contributed by atoms with van der Waals surface area (Å²) >= 11 is 0. The number of phenols is 2. The number of hydrogen-bond acceptors (Lipinski definition) is 4. The third-order valence-electron chi connectivity index (χ3n) is 4.47. The topological polar surface area (TPSA) is 46.9 Å². The quantitative estimate of drug-likeness (QED) is 0.904. The van der Waals surface area contributed by atoms with Gasteiger partial charge in [-0.25, -0.2) is 0 Å². The summed E-state index contributed by atoms with van der Waals surface area (Å²) in [5.41, 5.74) is 2.07. The SMILES string of the molecule is CC1(C)CN(Cc2ccccc2O)CN(Cc2ccccc2O)C1. The van der Waals surface area contributed by atoms with Crippen LogP contribution in [0.3, 0.4) is 0 Å². The third kappa shape index (κ3) is 4.08. The van der Waals surface area contributed by atoms with Gasteiger partial charge in [-0.15, -0.1) is 0 Å². The van der Waals surface area contributed by atoms with Crippen LogP contribution in [0.15, 0.2) is 48.5 Å². The number of hydrogen-bond donors (Lipinski definition) is 2. The average molecular weight is 326 g/mol. The molecule has 0 unspecified atom stereocenters. The summed E-state index contributed by atoms with van der Waals surface area (Å²) in [5.74, 6) is 0.710. The molecule has 1 fully saturated rings. The highest BCUT2D eigenvalue weighted by Gasteiger charge is 2.31. The lowest BCUT2D eigenvalue weighted by Crippen LogP contribution is -2.52. The monoisotopic (exact) mass is 326 g/mol. The molecule has 24 heavy (non-hydrogen) atoms. The number of phenolic OH excluding ortho intramolecular Hbond substituents is 2. The summed E-state index contributed by atoms with van der Waals surface area (Å²) in [4.78, 5) is 4.72. The minimum Gasteiger partial charge on any atom is -0.508 e. The minimum atomic E-state index is 0.160. The van der Waals surface area contributed by atoms with Crippen molar-refractivity contribution in [3.8, 4) is 11.5 Å². The molecule has 128 valence electrons. The Morgan fingerprint density at radius 3 is 1.62 bits per heavy atom. The molecule has 1 saturated heterocycles. The van der Waals surface area contributed by atoms with Crippen LogP contribution in [-0.4, -0.2) is 39.8 Å². The van der Waals surface area contributed by atoms with Crippen LogP contribution in [0.25, 0.3) is 0 Å². The Morgan fingerprint density at radius 2 is 1.21 bits per heavy atom. The first kappa shape index (κ1) is 16.8. The minimum absolute atomic E-state index is 0.160. The number of benzene rings is 2. The fraction of sp³-hybridized carbons (Fsp3) is 0.400. The molecule has 1 aliphatic heterocycles. The van der Waals surface area contributed by atoms with Crippen LogP contribution in [0.1, 0.15) is 25.0 Å². The van der Waals surface area contributed by atoms with Gasteiger partial charge in [-0.1, -0.05) is 50.2 Å². The van der Waals surface area contributed by atoms with Crippen molar-refractivity contribution in [1.82, 2.24) is 9.80 Å². The van der Waals surface area contributed by atoms with E-state index in [9.17, 15) is 10.2 Å². The van der Waals surface area contributed by atoms with Gasteiger partial charge in [-0.2, -0.15) is 0 Å². The van der Waals surface area contributed by atoms with Gasteiger partial charge in [0, 0.05) is 37.3 Å². The summed E-state index contributed by atoms with van der Waals surface area (Å²) in [6.07, 6.45) is 0. The molecule has 0 aromatic heterocycles. The fourth-order valence-corrected chi connectivity index (χ4v) is 3.63. The average Bonchev–Trinajstić information content (AvgIpc) is 2.50. The van der Waals surface area contributed by atoms with E-state index in [4.69, 9.17) is 0 Å². The summed E-state index contributed by atoms with van der Waals surface area (Å²) in [5, 5.41) is 20.1. The van der Waals surface area contributed by atoms with Crippen LogP contribution in [0.5, 0.6) is 11.5 Å². The van der Waals surface area contributed by atoms with Crippen molar-refractivity contribution >= 4 is 0 Å². The lowest BCUT2D eigenvalue weighted by molar-refractivity contribution is -0.000836. The van der Waals surface area contributed by atoms with Crippen LogP contribution >= 0.6 is 0 Å². The van der Waals surface area contributed by atoms with Gasteiger partial charge in [-0.3, -0.25) is 9.80 Å². The second-order valence-corrected chi connectivity index (χ2v) is 7.54. The first-order chi connectivity index (χ1) is 11.4. The first-order valence-corrected chi connectivity index (χ1v) is 8.41. The van der Waals surface area contributed by atoms with Crippen molar-refractivity contribution in [3.63, 3.8) is 0 Å². The largest absolute Gasteiger partial charge is 0.508 e. The number of para-hydroxylation sites is 2. The van der Waals surface area contributed by atoms with E-state index >= 15 is 0 Å². The molecule has 0 radical (unpaired) electrons. The van der Waals surface area contributed by atoms with E-state index in [-0.39, 0.29) is 5.41 Å². The molecule has 2 aromatic carbocycles. The molecule has 4 nitrogen and oxygen atoms in total. The fourth-order valence-electron chi connectivity index (χ4n) is 3.63. The summed E-state index contributed by atoms with van der Waals surface area (Å²) < 4.78 is 0. The molecular formula is C20H26N2O2. The van der Waals surface area contributed by atoms with E-state index in [0.717, 1.165) is 44.0 Å². The van der Waals surface area contributed by atoms with E-state index < -0.39 is 0 Å². The highest BCUT2D eigenvalue weighted by atomic mass is 16.3. The molecule has 1 heterocycles. The molecule has 1 aliphatic rings. The zero-order chi connectivity index (χ0) is 17.2. The number of rotatable bonds is 4. The molecule has 2 N–H and O–H groups in total. The second kappa shape index (κ2) is 6.83. The third-order valence-corrected chi connectivity index (χ3v) is 4.47. The molecule has 0 saturated carbocycles. The molecule has 0 bridgehead atoms. The van der Waals surface area contributed by atoms with Crippen LogP contribution < -0.4 is 0 Å². The normalized spacial score (nSPS) is 18.6. The Bertz CT molecular complexity index is 642. The van der Waals surface area contributed by atoms with Gasteiger partial charge >= 0.3 is 0 Å². The van der Waals surface area contributed by atoms with Gasteiger partial charge in [0.15, 0.2) is 0 Å². The Morgan fingerprint density at radius 1 is 0.792 bits per heavy atom. The predicted octanol–water partition coefficient (Wildman–Crippen LogP) is 3.40. The lowest BCUT2D eigenvalue weighted by atomic mass is 9.89. The van der Waals surface area contributed by atoms with E-state index in [1.54, 1.807) is 12.1 Å². The smallest absolute Gasteiger partial charge is 0.120 e. The molecule has 4 heteroatoms. The van der Waals surface area contributed by atoms with E-state index in [0.29, 0.717) is 11.5 Å². The highest BCUT2D eigenvalue weighted by molar-refractivity contribution is 5.32. The summed E-state index contributed by atoms with van der Waals surface area (Å²) in [7, 11) is 0. The maximum Gasteiger partial charge on any atom is 0.120 e. The van der Waals surface area contributed by atoms with Crippen molar-refractivity contribution in [2.24, 2.45) is 5.41 Å². The molecule has 3 rings (SSSR count). The second-order valence-electron chi connectivity index (χ2n) is 7.54. The maximum absolute atomic E-state index is 10.0. The Kier molecular flexibility index (Phi) is 4.78. The zero-order valence-electron chi connectivity index (χ0n) is 14.4. The van der Waals surface area contributed by atoms with Gasteiger partial charge in [0.25, 0.3) is 0 Å². The molecule has 0 amide bonds. The lowest BCUT2D eigenvalue weighted by Gasteiger charge is -2.44. The zero-order valence-corrected chi connectivity index (χ0v) is 14.4. The van der Waals surface area contributed by atoms with E-state index in [1.165, 1.54) is 0 Å². The van der Waals surface area contributed by atoms with Crippen molar-refractivity contribution in [2.45, 2.75) is 26.9 Å². The molecule has 2 aromatic rings. The van der Waals surface area contributed by atoms with Crippen LogP contribution in [0.4, 0.5) is 0 Å². The number of nitrogens with zero attached hydrogens (tertiary/aromatic N) is 2. The summed E-state index contributed by atoms with van der Waals surface area (Å²) in [6, 6.07) is 15.1. The van der Waals surface area contributed by atoms with Gasteiger partial charge in [0.2, 0.25) is 0 Å². The Hall–Kier alpha value is -2.04. The van der Waals surface area contributed by atoms with E-state index in [2.05, 4.69) is 23.6 Å².